The summed E-state index contributed by atoms with van der Waals surface area (Å²) in [5.41, 5.74) is 1.63. The number of nitrogens with zero attached hydrogens (tertiary/aromatic N) is 2. The first kappa shape index (κ1) is 17.4. The largest absolute Gasteiger partial charge is 0.385 e. The van der Waals surface area contributed by atoms with E-state index in [0.29, 0.717) is 18.7 Å². The molecule has 1 aromatic rings. The number of ether oxygens (including phenoxy) is 1. The number of pyridine rings is 1. The van der Waals surface area contributed by atoms with Gasteiger partial charge in [-0.05, 0) is 25.3 Å². The standard InChI is InChI=1S/C16H27N3O2/c1-4-8-19(9-5-2)15-11-14(12-17-13-15)16(20)18-7-6-10-21-3/h11-13H,4-10H2,1-3H3,(H,18,20). The van der Waals surface area contributed by atoms with Crippen molar-refractivity contribution in [2.24, 2.45) is 0 Å². The van der Waals surface area contributed by atoms with Crippen molar-refractivity contribution in [2.45, 2.75) is 33.1 Å². The molecular formula is C16H27N3O2. The lowest BCUT2D eigenvalue weighted by Gasteiger charge is -2.23. The van der Waals surface area contributed by atoms with Crippen molar-refractivity contribution >= 4 is 11.6 Å². The van der Waals surface area contributed by atoms with Crippen LogP contribution in [0, 0.1) is 0 Å². The molecule has 0 aromatic carbocycles. The summed E-state index contributed by atoms with van der Waals surface area (Å²) in [4.78, 5) is 18.6. The average Bonchev–Trinajstić information content (AvgIpc) is 2.51. The summed E-state index contributed by atoms with van der Waals surface area (Å²) in [6.45, 7) is 7.54. The van der Waals surface area contributed by atoms with Gasteiger partial charge in [-0.15, -0.1) is 0 Å². The van der Waals surface area contributed by atoms with Gasteiger partial charge in [0.1, 0.15) is 0 Å². The van der Waals surface area contributed by atoms with Crippen molar-refractivity contribution in [3.63, 3.8) is 0 Å². The predicted octanol–water partition coefficient (Wildman–Crippen LogP) is 2.47. The number of hydrogen-bond acceptors (Lipinski definition) is 4. The monoisotopic (exact) mass is 293 g/mol. The van der Waals surface area contributed by atoms with Crippen LogP contribution in [-0.2, 0) is 4.74 Å². The number of carbonyl (C=O) groups is 1. The van der Waals surface area contributed by atoms with Crippen molar-refractivity contribution in [2.75, 3.05) is 38.3 Å². The van der Waals surface area contributed by atoms with E-state index >= 15 is 0 Å². The fourth-order valence-corrected chi connectivity index (χ4v) is 2.16. The van der Waals surface area contributed by atoms with E-state index in [1.165, 1.54) is 0 Å². The van der Waals surface area contributed by atoms with Crippen LogP contribution < -0.4 is 10.2 Å². The van der Waals surface area contributed by atoms with Crippen LogP contribution in [0.15, 0.2) is 18.5 Å². The minimum atomic E-state index is -0.0756. The van der Waals surface area contributed by atoms with Crippen LogP contribution in [0.3, 0.4) is 0 Å². The average molecular weight is 293 g/mol. The Hall–Kier alpha value is -1.62. The second kappa shape index (κ2) is 10.2. The van der Waals surface area contributed by atoms with Gasteiger partial charge in [0.25, 0.3) is 5.91 Å². The zero-order chi connectivity index (χ0) is 15.5. The Labute approximate surface area is 127 Å². The number of anilines is 1. The summed E-state index contributed by atoms with van der Waals surface area (Å²) < 4.78 is 4.96. The predicted molar refractivity (Wildman–Crippen MR) is 85.9 cm³/mol. The van der Waals surface area contributed by atoms with Crippen LogP contribution in [0.1, 0.15) is 43.5 Å². The number of methoxy groups -OCH3 is 1. The van der Waals surface area contributed by atoms with Crippen molar-refractivity contribution in [3.8, 4) is 0 Å². The highest BCUT2D eigenvalue weighted by Crippen LogP contribution is 2.15. The third kappa shape index (κ3) is 6.12. The van der Waals surface area contributed by atoms with E-state index in [9.17, 15) is 4.79 Å². The number of hydrogen-bond donors (Lipinski definition) is 1. The molecule has 0 bridgehead atoms. The fourth-order valence-electron chi connectivity index (χ4n) is 2.16. The van der Waals surface area contributed by atoms with Crippen molar-refractivity contribution < 1.29 is 9.53 Å². The van der Waals surface area contributed by atoms with Crippen LogP contribution >= 0.6 is 0 Å². The number of rotatable bonds is 10. The maximum Gasteiger partial charge on any atom is 0.252 e. The molecule has 0 saturated heterocycles. The summed E-state index contributed by atoms with van der Waals surface area (Å²) in [5.74, 6) is -0.0756. The van der Waals surface area contributed by atoms with Gasteiger partial charge in [0.15, 0.2) is 0 Å². The van der Waals surface area contributed by atoms with Crippen molar-refractivity contribution in [1.29, 1.82) is 0 Å². The van der Waals surface area contributed by atoms with Gasteiger partial charge in [0, 0.05) is 39.5 Å². The molecule has 1 heterocycles. The van der Waals surface area contributed by atoms with Gasteiger partial charge in [-0.3, -0.25) is 9.78 Å². The second-order valence-corrected chi connectivity index (χ2v) is 5.02. The zero-order valence-electron chi connectivity index (χ0n) is 13.4. The maximum absolute atomic E-state index is 12.1. The number of carbonyl (C=O) groups excluding carboxylic acids is 1. The van der Waals surface area contributed by atoms with Crippen LogP contribution in [0.5, 0.6) is 0 Å². The second-order valence-electron chi connectivity index (χ2n) is 5.02. The first-order valence-corrected chi connectivity index (χ1v) is 7.70. The minimum absolute atomic E-state index is 0.0756. The van der Waals surface area contributed by atoms with Gasteiger partial charge in [0.2, 0.25) is 0 Å². The van der Waals surface area contributed by atoms with E-state index in [-0.39, 0.29) is 5.91 Å². The molecular weight excluding hydrogens is 266 g/mol. The quantitative estimate of drug-likeness (QED) is 0.673. The summed E-state index contributed by atoms with van der Waals surface area (Å²) in [5, 5.41) is 2.89. The highest BCUT2D eigenvalue weighted by Gasteiger charge is 2.10. The van der Waals surface area contributed by atoms with Gasteiger partial charge in [-0.1, -0.05) is 13.8 Å². The smallest absolute Gasteiger partial charge is 0.252 e. The summed E-state index contributed by atoms with van der Waals surface area (Å²) >= 11 is 0. The lowest BCUT2D eigenvalue weighted by atomic mass is 10.2. The van der Waals surface area contributed by atoms with Crippen LogP contribution in [0.25, 0.3) is 0 Å². The molecule has 1 rings (SSSR count). The molecule has 0 aliphatic carbocycles. The van der Waals surface area contributed by atoms with Gasteiger partial charge >= 0.3 is 0 Å². The van der Waals surface area contributed by atoms with E-state index in [2.05, 4.69) is 29.0 Å². The van der Waals surface area contributed by atoms with E-state index in [1.807, 2.05) is 12.3 Å². The molecule has 1 aromatic heterocycles. The molecule has 0 spiro atoms. The van der Waals surface area contributed by atoms with Gasteiger partial charge < -0.3 is 15.0 Å². The molecule has 0 unspecified atom stereocenters. The lowest BCUT2D eigenvalue weighted by molar-refractivity contribution is 0.0948. The van der Waals surface area contributed by atoms with Gasteiger partial charge in [0.05, 0.1) is 17.4 Å². The van der Waals surface area contributed by atoms with Crippen molar-refractivity contribution in [1.82, 2.24) is 10.3 Å². The van der Waals surface area contributed by atoms with Gasteiger partial charge in [-0.2, -0.15) is 0 Å². The Kier molecular flexibility index (Phi) is 8.43. The fraction of sp³-hybridized carbons (Fsp3) is 0.625. The molecule has 21 heavy (non-hydrogen) atoms. The third-order valence-electron chi connectivity index (χ3n) is 3.15. The molecule has 5 heteroatoms. The van der Waals surface area contributed by atoms with E-state index in [1.54, 1.807) is 13.3 Å². The topological polar surface area (TPSA) is 54.5 Å². The Morgan fingerprint density at radius 3 is 2.62 bits per heavy atom. The number of aromatic nitrogens is 1. The van der Waals surface area contributed by atoms with Crippen LogP contribution in [0.4, 0.5) is 5.69 Å². The SMILES string of the molecule is CCCN(CCC)c1cncc(C(=O)NCCCOC)c1. The molecule has 0 atom stereocenters. The summed E-state index contributed by atoms with van der Waals surface area (Å²) in [7, 11) is 1.66. The molecule has 0 saturated carbocycles. The summed E-state index contributed by atoms with van der Waals surface area (Å²) in [6.07, 6.45) is 6.41. The molecule has 1 amide bonds. The third-order valence-corrected chi connectivity index (χ3v) is 3.15. The Balaban J connectivity index is 2.67. The Bertz CT molecular complexity index is 418. The van der Waals surface area contributed by atoms with Crippen LogP contribution in [-0.4, -0.2) is 44.2 Å². The highest BCUT2D eigenvalue weighted by molar-refractivity contribution is 5.94. The maximum atomic E-state index is 12.1. The first-order chi connectivity index (χ1) is 10.2. The molecule has 0 aliphatic heterocycles. The molecule has 0 fully saturated rings. The normalized spacial score (nSPS) is 10.4. The Morgan fingerprint density at radius 2 is 2.00 bits per heavy atom. The van der Waals surface area contributed by atoms with E-state index in [0.717, 1.165) is 38.0 Å². The molecule has 1 N–H and O–H groups in total. The first-order valence-electron chi connectivity index (χ1n) is 7.70. The Morgan fingerprint density at radius 1 is 1.29 bits per heavy atom. The number of amides is 1. The highest BCUT2D eigenvalue weighted by atomic mass is 16.5. The summed E-state index contributed by atoms with van der Waals surface area (Å²) in [6, 6.07) is 1.92. The molecule has 0 aliphatic rings. The van der Waals surface area contributed by atoms with E-state index in [4.69, 9.17) is 4.74 Å². The van der Waals surface area contributed by atoms with Crippen LogP contribution in [0.2, 0.25) is 0 Å². The minimum Gasteiger partial charge on any atom is -0.385 e. The van der Waals surface area contributed by atoms with Gasteiger partial charge in [-0.25, -0.2) is 0 Å². The van der Waals surface area contributed by atoms with Crippen molar-refractivity contribution in [3.05, 3.63) is 24.0 Å². The lowest BCUT2D eigenvalue weighted by Crippen LogP contribution is -2.27. The number of nitrogens with one attached hydrogen (secondary N) is 1. The molecule has 0 radical (unpaired) electrons. The molecule has 5 nitrogen and oxygen atoms in total. The molecule has 118 valence electrons. The van der Waals surface area contributed by atoms with E-state index < -0.39 is 0 Å². The zero-order valence-corrected chi connectivity index (χ0v) is 13.4.